The molecule has 0 aliphatic carbocycles. The molecule has 0 spiro atoms. The largest absolute Gasteiger partial charge is 0.488 e. The van der Waals surface area contributed by atoms with Crippen molar-refractivity contribution in [3.05, 3.63) is 33.9 Å². The van der Waals surface area contributed by atoms with Crippen LogP contribution in [0.25, 0.3) is 0 Å². The SMILES string of the molecule is COC(=O)C(CCCCNC(=O)OC(C)(C)C)NC(=O)c1cc(B(O)O)cc([N+](=O)[O-])c1. The number of esters is 1. The second kappa shape index (κ2) is 12.0. The van der Waals surface area contributed by atoms with E-state index in [0.29, 0.717) is 19.4 Å². The van der Waals surface area contributed by atoms with Crippen LogP contribution in [-0.2, 0) is 14.3 Å². The van der Waals surface area contributed by atoms with Gasteiger partial charge in [-0.2, -0.15) is 0 Å². The predicted octanol–water partition coefficient (Wildman–Crippen LogP) is 0.241. The molecular weight excluding hydrogens is 425 g/mol. The van der Waals surface area contributed by atoms with E-state index in [0.717, 1.165) is 25.3 Å². The van der Waals surface area contributed by atoms with E-state index in [2.05, 4.69) is 10.6 Å². The van der Waals surface area contributed by atoms with Crippen molar-refractivity contribution in [3.8, 4) is 0 Å². The molecule has 0 radical (unpaired) electrons. The van der Waals surface area contributed by atoms with E-state index < -0.39 is 47.3 Å². The lowest BCUT2D eigenvalue weighted by Crippen LogP contribution is -2.42. The highest BCUT2D eigenvalue weighted by molar-refractivity contribution is 6.58. The molecule has 12 nitrogen and oxygen atoms in total. The number of benzene rings is 1. The number of nitro benzene ring substituents is 1. The van der Waals surface area contributed by atoms with Gasteiger partial charge in [0.05, 0.1) is 12.0 Å². The van der Waals surface area contributed by atoms with Crippen molar-refractivity contribution in [3.63, 3.8) is 0 Å². The average molecular weight is 453 g/mol. The number of methoxy groups -OCH3 is 1. The Balaban J connectivity index is 2.74. The number of unbranched alkanes of at least 4 members (excludes halogenated alkanes) is 1. The number of rotatable bonds is 10. The van der Waals surface area contributed by atoms with Crippen molar-refractivity contribution in [1.29, 1.82) is 0 Å². The van der Waals surface area contributed by atoms with Gasteiger partial charge in [0.1, 0.15) is 11.6 Å². The molecule has 0 bridgehead atoms. The Bertz CT molecular complexity index is 840. The van der Waals surface area contributed by atoms with Crippen LogP contribution in [0.15, 0.2) is 18.2 Å². The van der Waals surface area contributed by atoms with Crippen LogP contribution in [0.3, 0.4) is 0 Å². The quantitative estimate of drug-likeness (QED) is 0.127. The monoisotopic (exact) mass is 453 g/mol. The van der Waals surface area contributed by atoms with Gasteiger partial charge in [0, 0.05) is 24.2 Å². The van der Waals surface area contributed by atoms with Crippen LogP contribution in [0.5, 0.6) is 0 Å². The first kappa shape index (κ1) is 26.8. The summed E-state index contributed by atoms with van der Waals surface area (Å²) in [6.07, 6.45) is 0.535. The van der Waals surface area contributed by atoms with Gasteiger partial charge >= 0.3 is 19.2 Å². The molecule has 0 saturated carbocycles. The van der Waals surface area contributed by atoms with Crippen LogP contribution in [0, 0.1) is 10.1 Å². The van der Waals surface area contributed by atoms with Gasteiger partial charge in [-0.25, -0.2) is 9.59 Å². The zero-order chi connectivity index (χ0) is 24.5. The van der Waals surface area contributed by atoms with Crippen molar-refractivity contribution < 1.29 is 38.8 Å². The third-order valence-corrected chi connectivity index (χ3v) is 4.09. The molecule has 1 aromatic rings. The van der Waals surface area contributed by atoms with E-state index in [1.54, 1.807) is 20.8 Å². The number of hydrogen-bond acceptors (Lipinski definition) is 9. The normalized spacial score (nSPS) is 11.8. The van der Waals surface area contributed by atoms with Gasteiger partial charge in [-0.15, -0.1) is 0 Å². The molecule has 0 fully saturated rings. The Morgan fingerprint density at radius 1 is 1.19 bits per heavy atom. The van der Waals surface area contributed by atoms with E-state index in [9.17, 15) is 34.5 Å². The molecule has 4 N–H and O–H groups in total. The minimum absolute atomic E-state index is 0.179. The smallest absolute Gasteiger partial charge is 0.467 e. The summed E-state index contributed by atoms with van der Waals surface area (Å²) in [4.78, 5) is 46.5. The topological polar surface area (TPSA) is 177 Å². The fourth-order valence-electron chi connectivity index (χ4n) is 2.63. The minimum Gasteiger partial charge on any atom is -0.467 e. The van der Waals surface area contributed by atoms with Crippen molar-refractivity contribution >= 4 is 36.2 Å². The molecule has 0 aromatic heterocycles. The number of carbonyl (C=O) groups is 3. The molecular formula is C19H28BN3O9. The maximum Gasteiger partial charge on any atom is 0.488 e. The minimum atomic E-state index is -2.02. The van der Waals surface area contributed by atoms with E-state index in [-0.39, 0.29) is 17.4 Å². The second-order valence-electron chi connectivity index (χ2n) is 7.92. The van der Waals surface area contributed by atoms with E-state index in [4.69, 9.17) is 9.47 Å². The number of nitrogens with zero attached hydrogens (tertiary/aromatic N) is 1. The van der Waals surface area contributed by atoms with Crippen molar-refractivity contribution in [2.24, 2.45) is 0 Å². The Morgan fingerprint density at radius 2 is 1.84 bits per heavy atom. The standard InChI is InChI=1S/C19H28BN3O9/c1-19(2,3)32-18(26)21-8-6-5-7-15(17(25)31-4)22-16(24)12-9-13(20(27)28)11-14(10-12)23(29)30/h9-11,15,27-28H,5-8H2,1-4H3,(H,21,26)(H,22,24). The Kier molecular flexibility index (Phi) is 10.1. The summed E-state index contributed by atoms with van der Waals surface area (Å²) in [7, 11) is -0.866. The first-order valence-electron chi connectivity index (χ1n) is 9.85. The molecule has 1 atom stereocenters. The van der Waals surface area contributed by atoms with Crippen molar-refractivity contribution in [2.75, 3.05) is 13.7 Å². The van der Waals surface area contributed by atoms with E-state index in [1.807, 2.05) is 0 Å². The van der Waals surface area contributed by atoms with Gasteiger partial charge in [-0.05, 0) is 51.6 Å². The number of nitro groups is 1. The van der Waals surface area contributed by atoms with Crippen LogP contribution in [0.1, 0.15) is 50.4 Å². The molecule has 1 aromatic carbocycles. The fourth-order valence-corrected chi connectivity index (χ4v) is 2.63. The number of non-ortho nitro benzene ring substituents is 1. The summed E-state index contributed by atoms with van der Waals surface area (Å²) in [6.45, 7) is 5.50. The van der Waals surface area contributed by atoms with Crippen LogP contribution < -0.4 is 16.1 Å². The predicted molar refractivity (Wildman–Crippen MR) is 114 cm³/mol. The van der Waals surface area contributed by atoms with Gasteiger partial charge in [0.25, 0.3) is 11.6 Å². The van der Waals surface area contributed by atoms with Crippen LogP contribution >= 0.6 is 0 Å². The van der Waals surface area contributed by atoms with Crippen LogP contribution in [0.4, 0.5) is 10.5 Å². The highest BCUT2D eigenvalue weighted by atomic mass is 16.6. The Labute approximate surface area is 185 Å². The molecule has 0 aliphatic rings. The lowest BCUT2D eigenvalue weighted by molar-refractivity contribution is -0.384. The number of alkyl carbamates (subject to hydrolysis) is 1. The summed E-state index contributed by atoms with van der Waals surface area (Å²) in [5.41, 5.74) is -1.60. The van der Waals surface area contributed by atoms with Gasteiger partial charge in [0.15, 0.2) is 0 Å². The lowest BCUT2D eigenvalue weighted by Gasteiger charge is -2.20. The maximum atomic E-state index is 12.6. The molecule has 2 amide bonds. The zero-order valence-electron chi connectivity index (χ0n) is 18.4. The van der Waals surface area contributed by atoms with Gasteiger partial charge in [-0.3, -0.25) is 14.9 Å². The summed E-state index contributed by atoms with van der Waals surface area (Å²) in [6, 6.07) is 1.92. The summed E-state index contributed by atoms with van der Waals surface area (Å²) in [5, 5.41) is 34.7. The number of hydrogen-bond donors (Lipinski definition) is 4. The third-order valence-electron chi connectivity index (χ3n) is 4.09. The second-order valence-corrected chi connectivity index (χ2v) is 7.92. The molecule has 1 unspecified atom stereocenters. The van der Waals surface area contributed by atoms with Crippen LogP contribution in [0.2, 0.25) is 0 Å². The van der Waals surface area contributed by atoms with Crippen molar-refractivity contribution in [2.45, 2.75) is 51.7 Å². The summed E-state index contributed by atoms with van der Waals surface area (Å²) >= 11 is 0. The van der Waals surface area contributed by atoms with Gasteiger partial charge < -0.3 is 30.2 Å². The highest BCUT2D eigenvalue weighted by Crippen LogP contribution is 2.13. The number of nitrogens with one attached hydrogen (secondary N) is 2. The first-order chi connectivity index (χ1) is 14.8. The summed E-state index contributed by atoms with van der Waals surface area (Å²) < 4.78 is 9.80. The van der Waals surface area contributed by atoms with Crippen LogP contribution in [-0.4, -0.2) is 65.4 Å². The van der Waals surface area contributed by atoms with Crippen molar-refractivity contribution in [1.82, 2.24) is 10.6 Å². The molecule has 13 heteroatoms. The highest BCUT2D eigenvalue weighted by Gasteiger charge is 2.25. The van der Waals surface area contributed by atoms with E-state index >= 15 is 0 Å². The summed E-state index contributed by atoms with van der Waals surface area (Å²) in [5.74, 6) is -1.54. The average Bonchev–Trinajstić information content (AvgIpc) is 2.70. The maximum absolute atomic E-state index is 12.6. The number of amides is 2. The molecule has 32 heavy (non-hydrogen) atoms. The first-order valence-corrected chi connectivity index (χ1v) is 9.85. The molecule has 176 valence electrons. The number of carbonyl (C=O) groups excluding carboxylic acids is 3. The zero-order valence-corrected chi connectivity index (χ0v) is 18.4. The Hall–Kier alpha value is -3.19. The molecule has 1 rings (SSSR count). The van der Waals surface area contributed by atoms with Gasteiger partial charge in [-0.1, -0.05) is 0 Å². The number of ether oxygens (including phenoxy) is 2. The molecule has 0 saturated heterocycles. The third kappa shape index (κ3) is 9.31. The lowest BCUT2D eigenvalue weighted by atomic mass is 9.79. The van der Waals surface area contributed by atoms with Gasteiger partial charge in [0.2, 0.25) is 0 Å². The Morgan fingerprint density at radius 3 is 2.38 bits per heavy atom. The fraction of sp³-hybridized carbons (Fsp3) is 0.526. The molecule has 0 aliphatic heterocycles. The van der Waals surface area contributed by atoms with E-state index in [1.165, 1.54) is 0 Å². The molecule has 0 heterocycles.